The Kier molecular flexibility index (Phi) is 9.79. The average Bonchev–Trinajstić information content (AvgIpc) is 2.71. The van der Waals surface area contributed by atoms with Crippen molar-refractivity contribution >= 4 is 22.9 Å². The molecule has 0 aliphatic rings. The molecule has 5 nitrogen and oxygen atoms in total. The second-order valence-corrected chi connectivity index (χ2v) is 8.15. The number of benzene rings is 2. The number of Topliss-reactive ketones (excluding diaryl/α,β-unsaturated/α-hetero) is 2. The van der Waals surface area contributed by atoms with E-state index in [4.69, 9.17) is 11.5 Å². The minimum absolute atomic E-state index is 0.127. The summed E-state index contributed by atoms with van der Waals surface area (Å²) in [5.41, 5.74) is 21.3. The van der Waals surface area contributed by atoms with Gasteiger partial charge in [0.15, 0.2) is 11.6 Å². The summed E-state index contributed by atoms with van der Waals surface area (Å²) in [6.07, 6.45) is 0. The van der Waals surface area contributed by atoms with Crippen LogP contribution in [0.25, 0.3) is 0 Å². The molecule has 0 saturated heterocycles. The number of nitrogen functional groups attached to an aromatic ring is 2. The first-order valence-electron chi connectivity index (χ1n) is 10.5. The number of pyridine rings is 1. The van der Waals surface area contributed by atoms with Crippen LogP contribution in [0.2, 0.25) is 0 Å². The van der Waals surface area contributed by atoms with Crippen molar-refractivity contribution in [3.8, 4) is 0 Å². The Bertz CT molecular complexity index is 987. The van der Waals surface area contributed by atoms with Crippen LogP contribution in [0.1, 0.15) is 68.2 Å². The Labute approximate surface area is 191 Å². The number of nitrogens with two attached hydrogens (primary N) is 2. The highest BCUT2D eigenvalue weighted by molar-refractivity contribution is 5.96. The van der Waals surface area contributed by atoms with Crippen molar-refractivity contribution in [3.05, 3.63) is 87.2 Å². The van der Waals surface area contributed by atoms with Crippen LogP contribution >= 0.6 is 0 Å². The van der Waals surface area contributed by atoms with E-state index in [-0.39, 0.29) is 11.6 Å². The fraction of sp³-hybridized carbons (Fsp3) is 0.296. The highest BCUT2D eigenvalue weighted by atomic mass is 16.1. The number of nitrogens with zero attached hydrogens (tertiary/aromatic N) is 1. The van der Waals surface area contributed by atoms with Crippen molar-refractivity contribution in [1.82, 2.24) is 4.98 Å². The monoisotopic (exact) mass is 433 g/mol. The molecule has 0 spiro atoms. The number of hydrogen-bond donors (Lipinski definition) is 2. The van der Waals surface area contributed by atoms with Crippen molar-refractivity contribution in [1.29, 1.82) is 0 Å². The molecule has 0 aliphatic carbocycles. The first kappa shape index (κ1) is 26.6. The average molecular weight is 434 g/mol. The second-order valence-electron chi connectivity index (χ2n) is 8.15. The minimum Gasteiger partial charge on any atom is -0.398 e. The fourth-order valence-electron chi connectivity index (χ4n) is 3.21. The SMILES string of the molecule is CC(=O)c1cccc(C(C)=O)n1.Cc1cc(C)c(N)c(C)c1.Cc1cc(C)c(N)c(C)c1. The maximum atomic E-state index is 10.8. The highest BCUT2D eigenvalue weighted by Crippen LogP contribution is 2.18. The van der Waals surface area contributed by atoms with Crippen LogP contribution in [0.3, 0.4) is 0 Å². The number of aromatic nitrogens is 1. The molecule has 4 N–H and O–H groups in total. The molecule has 0 radical (unpaired) electrons. The molecule has 5 heteroatoms. The van der Waals surface area contributed by atoms with Crippen molar-refractivity contribution in [2.24, 2.45) is 0 Å². The maximum absolute atomic E-state index is 10.8. The lowest BCUT2D eigenvalue weighted by atomic mass is 10.1. The first-order chi connectivity index (χ1) is 14.8. The molecule has 3 rings (SSSR count). The Morgan fingerprint density at radius 1 is 0.625 bits per heavy atom. The fourth-order valence-corrected chi connectivity index (χ4v) is 3.21. The van der Waals surface area contributed by atoms with E-state index >= 15 is 0 Å². The number of hydrogen-bond acceptors (Lipinski definition) is 5. The van der Waals surface area contributed by atoms with Gasteiger partial charge in [0.25, 0.3) is 0 Å². The number of ketones is 2. The number of aryl methyl sites for hydroxylation is 6. The lowest BCUT2D eigenvalue weighted by Gasteiger charge is -2.04. The molecular formula is C27H35N3O2. The van der Waals surface area contributed by atoms with E-state index in [9.17, 15) is 9.59 Å². The molecule has 0 unspecified atom stereocenters. The van der Waals surface area contributed by atoms with Gasteiger partial charge in [-0.1, -0.05) is 41.5 Å². The third-order valence-electron chi connectivity index (χ3n) is 4.95. The molecule has 0 amide bonds. The van der Waals surface area contributed by atoms with Crippen LogP contribution in [-0.2, 0) is 0 Å². The minimum atomic E-state index is -0.127. The summed E-state index contributed by atoms with van der Waals surface area (Å²) in [6.45, 7) is 15.2. The Balaban J connectivity index is 0.000000241. The van der Waals surface area contributed by atoms with E-state index in [0.717, 1.165) is 11.4 Å². The molecule has 170 valence electrons. The highest BCUT2D eigenvalue weighted by Gasteiger charge is 2.04. The molecule has 3 aromatic rings. The predicted molar refractivity (Wildman–Crippen MR) is 134 cm³/mol. The van der Waals surface area contributed by atoms with Gasteiger partial charge in [0.1, 0.15) is 11.4 Å². The molecule has 0 saturated carbocycles. The first-order valence-corrected chi connectivity index (χ1v) is 10.5. The standard InChI is InChI=1S/C9H9NO2.2C9H13N/c1-6(11)8-4-3-5-9(10-8)7(2)12;2*1-6-4-7(2)9(10)8(3)5-6/h3-5H,1-2H3;2*4-5H,10H2,1-3H3. The van der Waals surface area contributed by atoms with Gasteiger partial charge in [-0.3, -0.25) is 9.59 Å². The van der Waals surface area contributed by atoms with Crippen molar-refractivity contribution in [3.63, 3.8) is 0 Å². The van der Waals surface area contributed by atoms with Gasteiger partial charge in [0.05, 0.1) is 0 Å². The van der Waals surface area contributed by atoms with Gasteiger partial charge in [0.2, 0.25) is 0 Å². The van der Waals surface area contributed by atoms with Gasteiger partial charge >= 0.3 is 0 Å². The van der Waals surface area contributed by atoms with Crippen LogP contribution in [0.4, 0.5) is 11.4 Å². The molecule has 2 aromatic carbocycles. The lowest BCUT2D eigenvalue weighted by Crippen LogP contribution is -2.02. The van der Waals surface area contributed by atoms with Crippen LogP contribution < -0.4 is 11.5 Å². The van der Waals surface area contributed by atoms with Crippen molar-refractivity contribution in [2.75, 3.05) is 11.5 Å². The van der Waals surface area contributed by atoms with Gasteiger partial charge in [-0.05, 0) is 75.9 Å². The van der Waals surface area contributed by atoms with Gasteiger partial charge < -0.3 is 11.5 Å². The van der Waals surface area contributed by atoms with Crippen molar-refractivity contribution < 1.29 is 9.59 Å². The summed E-state index contributed by atoms with van der Waals surface area (Å²) in [5, 5.41) is 0. The third-order valence-corrected chi connectivity index (χ3v) is 4.95. The molecule has 0 atom stereocenters. The van der Waals surface area contributed by atoms with E-state index in [1.54, 1.807) is 18.2 Å². The van der Waals surface area contributed by atoms with E-state index in [2.05, 4.69) is 43.1 Å². The summed E-state index contributed by atoms with van der Waals surface area (Å²) in [7, 11) is 0. The molecular weight excluding hydrogens is 398 g/mol. The zero-order chi connectivity index (χ0) is 24.6. The van der Waals surface area contributed by atoms with Crippen LogP contribution in [-0.4, -0.2) is 16.6 Å². The summed E-state index contributed by atoms with van der Waals surface area (Å²) >= 11 is 0. The summed E-state index contributed by atoms with van der Waals surface area (Å²) in [4.78, 5) is 25.6. The maximum Gasteiger partial charge on any atom is 0.178 e. The van der Waals surface area contributed by atoms with Crippen LogP contribution in [0.5, 0.6) is 0 Å². The quantitative estimate of drug-likeness (QED) is 0.389. The third kappa shape index (κ3) is 7.99. The summed E-state index contributed by atoms with van der Waals surface area (Å²) < 4.78 is 0. The van der Waals surface area contributed by atoms with Crippen LogP contribution in [0.15, 0.2) is 42.5 Å². The molecule has 0 fully saturated rings. The molecule has 0 aliphatic heterocycles. The van der Waals surface area contributed by atoms with Gasteiger partial charge in [-0.2, -0.15) is 0 Å². The van der Waals surface area contributed by atoms with E-state index in [1.165, 1.54) is 47.2 Å². The topological polar surface area (TPSA) is 99.1 Å². The molecule has 1 heterocycles. The van der Waals surface area contributed by atoms with E-state index in [0.29, 0.717) is 11.4 Å². The van der Waals surface area contributed by atoms with E-state index in [1.807, 2.05) is 27.7 Å². The van der Waals surface area contributed by atoms with Gasteiger partial charge in [-0.25, -0.2) is 4.98 Å². The molecule has 0 bridgehead atoms. The zero-order valence-electron chi connectivity index (χ0n) is 20.5. The number of anilines is 2. The predicted octanol–water partition coefficient (Wildman–Crippen LogP) is 5.87. The molecule has 1 aromatic heterocycles. The Morgan fingerprint density at radius 3 is 1.16 bits per heavy atom. The van der Waals surface area contributed by atoms with Crippen LogP contribution in [0, 0.1) is 41.5 Å². The van der Waals surface area contributed by atoms with Gasteiger partial charge in [0, 0.05) is 25.2 Å². The molecule has 32 heavy (non-hydrogen) atoms. The number of carbonyl (C=O) groups excluding carboxylic acids is 2. The van der Waals surface area contributed by atoms with E-state index < -0.39 is 0 Å². The Hall–Kier alpha value is -3.47. The largest absolute Gasteiger partial charge is 0.398 e. The van der Waals surface area contributed by atoms with Crippen molar-refractivity contribution in [2.45, 2.75) is 55.4 Å². The second kappa shape index (κ2) is 11.8. The number of carbonyl (C=O) groups is 2. The smallest absolute Gasteiger partial charge is 0.178 e. The normalized spacial score (nSPS) is 9.75. The number of rotatable bonds is 2. The van der Waals surface area contributed by atoms with Gasteiger partial charge in [-0.15, -0.1) is 0 Å². The summed E-state index contributed by atoms with van der Waals surface area (Å²) in [5.74, 6) is -0.254. The Morgan fingerprint density at radius 2 is 0.906 bits per heavy atom. The lowest BCUT2D eigenvalue weighted by molar-refractivity contribution is 0.101. The zero-order valence-corrected chi connectivity index (χ0v) is 20.5. The summed E-state index contributed by atoms with van der Waals surface area (Å²) in [6, 6.07) is 13.2.